The lowest BCUT2D eigenvalue weighted by Crippen LogP contribution is -2.46. The Bertz CT molecular complexity index is 512. The number of benzene rings is 1. The molecule has 0 bridgehead atoms. The Morgan fingerprint density at radius 3 is 2.43 bits per heavy atom. The van der Waals surface area contributed by atoms with Gasteiger partial charge in [-0.15, -0.1) is 0 Å². The van der Waals surface area contributed by atoms with Crippen molar-refractivity contribution in [3.63, 3.8) is 0 Å². The largest absolute Gasteiger partial charge is 0.355 e. The number of hydrogen-bond donors (Lipinski definition) is 2. The summed E-state index contributed by atoms with van der Waals surface area (Å²) in [6.45, 7) is 13.2. The van der Waals surface area contributed by atoms with Gasteiger partial charge in [0.05, 0.1) is 6.04 Å². The molecule has 2 atom stereocenters. The summed E-state index contributed by atoms with van der Waals surface area (Å²) < 4.78 is 13.7. The van der Waals surface area contributed by atoms with Crippen molar-refractivity contribution >= 4 is 5.96 Å². The molecule has 1 rings (SSSR count). The molecule has 23 heavy (non-hydrogen) atoms. The van der Waals surface area contributed by atoms with Gasteiger partial charge in [0.2, 0.25) is 0 Å². The average molecular weight is 322 g/mol. The monoisotopic (exact) mass is 322 g/mol. The molecule has 0 heterocycles. The van der Waals surface area contributed by atoms with Crippen molar-refractivity contribution in [2.24, 2.45) is 4.99 Å². The summed E-state index contributed by atoms with van der Waals surface area (Å²) in [5.41, 5.74) is 1.57. The van der Waals surface area contributed by atoms with Crippen LogP contribution < -0.4 is 10.6 Å². The zero-order valence-electron chi connectivity index (χ0n) is 15.3. The fraction of sp³-hybridized carbons (Fsp3) is 0.611. The highest BCUT2D eigenvalue weighted by atomic mass is 19.1. The van der Waals surface area contributed by atoms with E-state index in [4.69, 9.17) is 0 Å². The SMILES string of the molecule is CCN(CC)C(C)CNC(=NC)NC(C)c1ccc(C)c(F)c1. The predicted molar refractivity (Wildman–Crippen MR) is 96.4 cm³/mol. The molecule has 0 saturated heterocycles. The summed E-state index contributed by atoms with van der Waals surface area (Å²) in [6.07, 6.45) is 0. The van der Waals surface area contributed by atoms with Crippen molar-refractivity contribution in [1.29, 1.82) is 0 Å². The van der Waals surface area contributed by atoms with Gasteiger partial charge >= 0.3 is 0 Å². The van der Waals surface area contributed by atoms with Gasteiger partial charge in [0.15, 0.2) is 5.96 Å². The Balaban J connectivity index is 2.60. The van der Waals surface area contributed by atoms with E-state index in [2.05, 4.69) is 41.3 Å². The number of likely N-dealkylation sites (N-methyl/N-ethyl adjacent to an activating group) is 1. The van der Waals surface area contributed by atoms with Gasteiger partial charge in [-0.3, -0.25) is 9.89 Å². The van der Waals surface area contributed by atoms with E-state index in [1.165, 1.54) is 0 Å². The van der Waals surface area contributed by atoms with Crippen molar-refractivity contribution in [1.82, 2.24) is 15.5 Å². The van der Waals surface area contributed by atoms with E-state index in [-0.39, 0.29) is 11.9 Å². The van der Waals surface area contributed by atoms with Gasteiger partial charge in [-0.25, -0.2) is 4.39 Å². The highest BCUT2D eigenvalue weighted by Crippen LogP contribution is 2.16. The standard InChI is InChI=1S/C18H31FN4/c1-7-23(8-2)14(4)12-21-18(20-6)22-15(5)16-10-9-13(3)17(19)11-16/h9-11,14-15H,7-8,12H2,1-6H3,(H2,20,21,22). The third-order valence-corrected chi connectivity index (χ3v) is 4.27. The van der Waals surface area contributed by atoms with Crippen LogP contribution in [0.1, 0.15) is 44.9 Å². The highest BCUT2D eigenvalue weighted by Gasteiger charge is 2.13. The van der Waals surface area contributed by atoms with E-state index in [0.717, 1.165) is 31.2 Å². The van der Waals surface area contributed by atoms with Crippen LogP contribution in [0.4, 0.5) is 4.39 Å². The maximum absolute atomic E-state index is 13.7. The number of halogens is 1. The van der Waals surface area contributed by atoms with Crippen molar-refractivity contribution in [2.45, 2.75) is 46.7 Å². The topological polar surface area (TPSA) is 39.7 Å². The molecule has 2 N–H and O–H groups in total. The maximum atomic E-state index is 13.7. The van der Waals surface area contributed by atoms with E-state index >= 15 is 0 Å². The van der Waals surface area contributed by atoms with Gasteiger partial charge in [0.1, 0.15) is 5.82 Å². The first-order chi connectivity index (χ1) is 10.9. The van der Waals surface area contributed by atoms with E-state index in [9.17, 15) is 4.39 Å². The minimum Gasteiger partial charge on any atom is -0.355 e. The fourth-order valence-corrected chi connectivity index (χ4v) is 2.58. The molecular formula is C18H31FN4. The summed E-state index contributed by atoms with van der Waals surface area (Å²) in [7, 11) is 1.75. The van der Waals surface area contributed by atoms with Gasteiger partial charge in [-0.05, 0) is 51.1 Å². The zero-order chi connectivity index (χ0) is 17.4. The van der Waals surface area contributed by atoms with E-state index in [1.807, 2.05) is 19.1 Å². The molecule has 0 radical (unpaired) electrons. The summed E-state index contributed by atoms with van der Waals surface area (Å²) in [4.78, 5) is 6.65. The van der Waals surface area contributed by atoms with Crippen LogP contribution in [-0.2, 0) is 0 Å². The molecule has 4 nitrogen and oxygen atoms in total. The van der Waals surface area contributed by atoms with E-state index in [0.29, 0.717) is 11.6 Å². The first kappa shape index (κ1) is 19.4. The van der Waals surface area contributed by atoms with Gasteiger partial charge in [0, 0.05) is 19.6 Å². The summed E-state index contributed by atoms with van der Waals surface area (Å²) in [5, 5.41) is 6.66. The lowest BCUT2D eigenvalue weighted by atomic mass is 10.1. The molecule has 0 spiro atoms. The Labute approximate surface area is 140 Å². The third-order valence-electron chi connectivity index (χ3n) is 4.27. The molecule has 0 aliphatic rings. The quantitative estimate of drug-likeness (QED) is 0.598. The molecule has 2 unspecified atom stereocenters. The second-order valence-corrected chi connectivity index (χ2v) is 5.90. The molecule has 1 aromatic carbocycles. The Kier molecular flexibility index (Phi) is 8.03. The number of aryl methyl sites for hydroxylation is 1. The van der Waals surface area contributed by atoms with Crippen LogP contribution in [0.15, 0.2) is 23.2 Å². The van der Waals surface area contributed by atoms with Crippen molar-refractivity contribution < 1.29 is 4.39 Å². The molecule has 0 fully saturated rings. The number of aliphatic imine (C=N–C) groups is 1. The highest BCUT2D eigenvalue weighted by molar-refractivity contribution is 5.80. The van der Waals surface area contributed by atoms with Gasteiger partial charge in [-0.1, -0.05) is 26.0 Å². The number of nitrogens with one attached hydrogen (secondary N) is 2. The second-order valence-electron chi connectivity index (χ2n) is 5.90. The summed E-state index contributed by atoms with van der Waals surface area (Å²) in [6, 6.07) is 5.75. The maximum Gasteiger partial charge on any atom is 0.191 e. The first-order valence-corrected chi connectivity index (χ1v) is 8.40. The van der Waals surface area contributed by atoms with Crippen LogP contribution in [-0.4, -0.2) is 43.6 Å². The normalized spacial score (nSPS) is 14.7. The number of nitrogens with zero attached hydrogens (tertiary/aromatic N) is 2. The Hall–Kier alpha value is -1.62. The number of hydrogen-bond acceptors (Lipinski definition) is 2. The molecule has 0 aliphatic heterocycles. The van der Waals surface area contributed by atoms with Crippen LogP contribution in [0.2, 0.25) is 0 Å². The lowest BCUT2D eigenvalue weighted by molar-refractivity contribution is 0.231. The van der Waals surface area contributed by atoms with Crippen LogP contribution in [0.5, 0.6) is 0 Å². The molecule has 0 saturated carbocycles. The van der Waals surface area contributed by atoms with Gasteiger partial charge in [0.25, 0.3) is 0 Å². The molecule has 0 amide bonds. The van der Waals surface area contributed by atoms with E-state index in [1.54, 1.807) is 20.0 Å². The molecule has 5 heteroatoms. The van der Waals surface area contributed by atoms with Gasteiger partial charge < -0.3 is 10.6 Å². The summed E-state index contributed by atoms with van der Waals surface area (Å²) >= 11 is 0. The van der Waals surface area contributed by atoms with Crippen LogP contribution >= 0.6 is 0 Å². The molecule has 0 aliphatic carbocycles. The van der Waals surface area contributed by atoms with E-state index < -0.39 is 0 Å². The third kappa shape index (κ3) is 5.82. The lowest BCUT2D eigenvalue weighted by Gasteiger charge is -2.27. The van der Waals surface area contributed by atoms with Crippen LogP contribution in [0, 0.1) is 12.7 Å². The minimum absolute atomic E-state index is 0.0138. The van der Waals surface area contributed by atoms with Crippen LogP contribution in [0.25, 0.3) is 0 Å². The van der Waals surface area contributed by atoms with Crippen molar-refractivity contribution in [2.75, 3.05) is 26.7 Å². The van der Waals surface area contributed by atoms with Crippen molar-refractivity contribution in [3.8, 4) is 0 Å². The average Bonchev–Trinajstić information content (AvgIpc) is 2.54. The zero-order valence-corrected chi connectivity index (χ0v) is 15.3. The molecule has 130 valence electrons. The summed E-state index contributed by atoms with van der Waals surface area (Å²) in [5.74, 6) is 0.562. The number of guanidine groups is 1. The predicted octanol–water partition coefficient (Wildman–Crippen LogP) is 3.09. The Morgan fingerprint density at radius 2 is 1.91 bits per heavy atom. The smallest absolute Gasteiger partial charge is 0.191 e. The molecule has 0 aromatic heterocycles. The van der Waals surface area contributed by atoms with Crippen LogP contribution in [0.3, 0.4) is 0 Å². The number of rotatable bonds is 7. The Morgan fingerprint density at radius 1 is 1.26 bits per heavy atom. The van der Waals surface area contributed by atoms with Crippen molar-refractivity contribution in [3.05, 3.63) is 35.1 Å². The molecular weight excluding hydrogens is 291 g/mol. The fourth-order valence-electron chi connectivity index (χ4n) is 2.58. The minimum atomic E-state index is -0.172. The van der Waals surface area contributed by atoms with Gasteiger partial charge in [-0.2, -0.15) is 0 Å². The second kappa shape index (κ2) is 9.50. The first-order valence-electron chi connectivity index (χ1n) is 8.40. The molecule has 1 aromatic rings.